The number of aromatic nitrogens is 1. The monoisotopic (exact) mass is 195 g/mol. The van der Waals surface area contributed by atoms with Crippen LogP contribution in [0.3, 0.4) is 0 Å². The van der Waals surface area contributed by atoms with E-state index >= 15 is 0 Å². The first-order chi connectivity index (χ1) is 6.31. The number of aliphatic imine (C=N–C) groups is 1. The molecule has 1 amide bonds. The summed E-state index contributed by atoms with van der Waals surface area (Å²) in [6.45, 7) is 1.94. The lowest BCUT2D eigenvalue weighted by molar-refractivity contribution is -0.120. The molecule has 1 aliphatic rings. The molecule has 1 atom stereocenters. The van der Waals surface area contributed by atoms with Gasteiger partial charge in [-0.3, -0.25) is 9.79 Å². The zero-order chi connectivity index (χ0) is 9.26. The maximum absolute atomic E-state index is 11.3. The Hall–Kier alpha value is -1.23. The van der Waals surface area contributed by atoms with Crippen molar-refractivity contribution < 1.29 is 4.79 Å². The van der Waals surface area contributed by atoms with Gasteiger partial charge in [-0.25, -0.2) is 4.98 Å². The van der Waals surface area contributed by atoms with Crippen LogP contribution in [0.15, 0.2) is 15.9 Å². The minimum absolute atomic E-state index is 0.0227. The third kappa shape index (κ3) is 1.47. The van der Waals surface area contributed by atoms with Crippen molar-refractivity contribution in [2.45, 2.75) is 19.4 Å². The summed E-state index contributed by atoms with van der Waals surface area (Å²) < 4.78 is 0. The van der Waals surface area contributed by atoms with Crippen LogP contribution in [0.5, 0.6) is 0 Å². The van der Waals surface area contributed by atoms with Gasteiger partial charge < -0.3 is 5.32 Å². The zero-order valence-corrected chi connectivity index (χ0v) is 7.97. The second-order valence-corrected chi connectivity index (χ2v) is 3.48. The predicted molar refractivity (Wildman–Crippen MR) is 50.9 cm³/mol. The van der Waals surface area contributed by atoms with Crippen molar-refractivity contribution in [3.63, 3.8) is 0 Å². The molecule has 0 fully saturated rings. The third-order valence-electron chi connectivity index (χ3n) is 1.89. The van der Waals surface area contributed by atoms with Gasteiger partial charge in [0, 0.05) is 5.38 Å². The first-order valence-corrected chi connectivity index (χ1v) is 5.02. The lowest BCUT2D eigenvalue weighted by Gasteiger charge is -1.96. The fraction of sp³-hybridized carbons (Fsp3) is 0.375. The Kier molecular flexibility index (Phi) is 2.10. The fourth-order valence-electron chi connectivity index (χ4n) is 1.18. The summed E-state index contributed by atoms with van der Waals surface area (Å²) in [5, 5.41) is 4.58. The highest BCUT2D eigenvalue weighted by Gasteiger charge is 2.25. The molecule has 1 unspecified atom stereocenters. The van der Waals surface area contributed by atoms with Crippen molar-refractivity contribution >= 4 is 23.1 Å². The largest absolute Gasteiger partial charge is 0.307 e. The highest BCUT2D eigenvalue weighted by molar-refractivity contribution is 7.07. The Morgan fingerprint density at radius 3 is 3.08 bits per heavy atom. The van der Waals surface area contributed by atoms with Crippen molar-refractivity contribution in [1.82, 2.24) is 10.3 Å². The third-order valence-corrected chi connectivity index (χ3v) is 2.48. The van der Waals surface area contributed by atoms with Crippen molar-refractivity contribution in [2.24, 2.45) is 4.99 Å². The zero-order valence-electron chi connectivity index (χ0n) is 7.15. The van der Waals surface area contributed by atoms with E-state index in [1.54, 1.807) is 5.51 Å². The standard InChI is InChI=1S/C8H9N3OS/c1-2-5-8(12)11-7(10-5)6-3-13-4-9-6/h3-5H,2H2,1H3,(H,10,11,12). The Morgan fingerprint density at radius 2 is 2.54 bits per heavy atom. The van der Waals surface area contributed by atoms with Crippen LogP contribution in [0.1, 0.15) is 19.0 Å². The average molecular weight is 195 g/mol. The van der Waals surface area contributed by atoms with Gasteiger partial charge in [-0.05, 0) is 6.42 Å². The van der Waals surface area contributed by atoms with Crippen LogP contribution in [0, 0.1) is 0 Å². The summed E-state index contributed by atoms with van der Waals surface area (Å²) in [7, 11) is 0. The van der Waals surface area contributed by atoms with Crippen molar-refractivity contribution in [3.05, 3.63) is 16.6 Å². The summed E-state index contributed by atoms with van der Waals surface area (Å²) in [5.41, 5.74) is 2.48. The second kappa shape index (κ2) is 3.26. The van der Waals surface area contributed by atoms with E-state index in [9.17, 15) is 4.79 Å². The number of nitrogens with one attached hydrogen (secondary N) is 1. The van der Waals surface area contributed by atoms with E-state index in [0.717, 1.165) is 12.1 Å². The number of amidine groups is 1. The molecule has 68 valence electrons. The van der Waals surface area contributed by atoms with E-state index in [1.807, 2.05) is 12.3 Å². The number of hydrogen-bond acceptors (Lipinski definition) is 4. The normalized spacial score (nSPS) is 21.5. The van der Waals surface area contributed by atoms with Gasteiger partial charge in [-0.1, -0.05) is 6.92 Å². The van der Waals surface area contributed by atoms with Crippen LogP contribution in [-0.2, 0) is 4.79 Å². The number of thiazole rings is 1. The number of nitrogens with zero attached hydrogens (tertiary/aromatic N) is 2. The van der Waals surface area contributed by atoms with Gasteiger partial charge in [0.25, 0.3) is 0 Å². The quantitative estimate of drug-likeness (QED) is 0.758. The number of carbonyl (C=O) groups is 1. The highest BCUT2D eigenvalue weighted by Crippen LogP contribution is 2.10. The number of carbonyl (C=O) groups excluding carboxylic acids is 1. The van der Waals surface area contributed by atoms with Gasteiger partial charge in [-0.2, -0.15) is 0 Å². The molecular formula is C8H9N3OS. The van der Waals surface area contributed by atoms with E-state index in [-0.39, 0.29) is 11.9 Å². The SMILES string of the molecule is CCC1N=C(c2cscn2)NC1=O. The highest BCUT2D eigenvalue weighted by atomic mass is 32.1. The molecule has 0 aromatic carbocycles. The molecule has 1 N–H and O–H groups in total. The van der Waals surface area contributed by atoms with Gasteiger partial charge in [-0.15, -0.1) is 11.3 Å². The number of hydrogen-bond donors (Lipinski definition) is 1. The lowest BCUT2D eigenvalue weighted by Crippen LogP contribution is -2.28. The topological polar surface area (TPSA) is 54.4 Å². The van der Waals surface area contributed by atoms with Crippen LogP contribution < -0.4 is 5.32 Å². The number of amides is 1. The predicted octanol–water partition coefficient (Wildman–Crippen LogP) is 0.798. The summed E-state index contributed by atoms with van der Waals surface area (Å²) in [4.78, 5) is 19.6. The molecule has 5 heteroatoms. The molecule has 0 spiro atoms. The Labute approximate surface area is 79.7 Å². The van der Waals surface area contributed by atoms with Crippen LogP contribution in [0.25, 0.3) is 0 Å². The summed E-state index contributed by atoms with van der Waals surface area (Å²) in [6.07, 6.45) is 0.736. The van der Waals surface area contributed by atoms with Gasteiger partial charge in [0.2, 0.25) is 5.91 Å². The molecule has 0 saturated carbocycles. The molecule has 2 rings (SSSR count). The van der Waals surface area contributed by atoms with Crippen LogP contribution in [0.2, 0.25) is 0 Å². The van der Waals surface area contributed by atoms with Crippen LogP contribution >= 0.6 is 11.3 Å². The van der Waals surface area contributed by atoms with E-state index in [4.69, 9.17) is 0 Å². The van der Waals surface area contributed by atoms with Crippen molar-refractivity contribution in [2.75, 3.05) is 0 Å². The molecule has 0 bridgehead atoms. The van der Waals surface area contributed by atoms with Gasteiger partial charge in [0.1, 0.15) is 11.7 Å². The fourth-order valence-corrected chi connectivity index (χ4v) is 1.72. The van der Waals surface area contributed by atoms with Crippen LogP contribution in [-0.4, -0.2) is 22.8 Å². The molecule has 13 heavy (non-hydrogen) atoms. The molecule has 0 radical (unpaired) electrons. The summed E-state index contributed by atoms with van der Waals surface area (Å²) in [6, 6.07) is -0.225. The Balaban J connectivity index is 2.24. The van der Waals surface area contributed by atoms with Gasteiger partial charge in [0.15, 0.2) is 5.84 Å². The molecule has 1 aliphatic heterocycles. The summed E-state index contributed by atoms with van der Waals surface area (Å²) in [5.74, 6) is 0.587. The number of rotatable bonds is 2. The summed E-state index contributed by atoms with van der Waals surface area (Å²) >= 11 is 1.49. The van der Waals surface area contributed by atoms with E-state index < -0.39 is 0 Å². The van der Waals surface area contributed by atoms with E-state index in [1.165, 1.54) is 11.3 Å². The molecule has 0 saturated heterocycles. The minimum Gasteiger partial charge on any atom is -0.307 e. The maximum Gasteiger partial charge on any atom is 0.250 e. The Bertz CT molecular complexity index is 344. The van der Waals surface area contributed by atoms with Gasteiger partial charge in [0.05, 0.1) is 5.51 Å². The van der Waals surface area contributed by atoms with Crippen molar-refractivity contribution in [3.8, 4) is 0 Å². The maximum atomic E-state index is 11.3. The first-order valence-electron chi connectivity index (χ1n) is 4.08. The average Bonchev–Trinajstić information content (AvgIpc) is 2.71. The minimum atomic E-state index is -0.225. The first kappa shape index (κ1) is 8.37. The lowest BCUT2D eigenvalue weighted by atomic mass is 10.2. The van der Waals surface area contributed by atoms with E-state index in [2.05, 4.69) is 15.3 Å². The molecule has 2 heterocycles. The molecule has 1 aromatic rings. The van der Waals surface area contributed by atoms with Crippen LogP contribution in [0.4, 0.5) is 0 Å². The molecular weight excluding hydrogens is 186 g/mol. The smallest absolute Gasteiger partial charge is 0.250 e. The van der Waals surface area contributed by atoms with Gasteiger partial charge >= 0.3 is 0 Å². The molecule has 0 aliphatic carbocycles. The second-order valence-electron chi connectivity index (χ2n) is 2.76. The Morgan fingerprint density at radius 1 is 1.69 bits per heavy atom. The van der Waals surface area contributed by atoms with Crippen molar-refractivity contribution in [1.29, 1.82) is 0 Å². The molecule has 4 nitrogen and oxygen atoms in total. The molecule has 1 aromatic heterocycles. The van der Waals surface area contributed by atoms with E-state index in [0.29, 0.717) is 5.84 Å².